The predicted molar refractivity (Wildman–Crippen MR) is 394 cm³/mol. The fourth-order valence-electron chi connectivity index (χ4n) is 11.9. The van der Waals surface area contributed by atoms with Gasteiger partial charge in [0.25, 0.3) is 0 Å². The molecule has 0 heterocycles. The summed E-state index contributed by atoms with van der Waals surface area (Å²) in [4.78, 5) is 0. The molecule has 90 heavy (non-hydrogen) atoms. The lowest BCUT2D eigenvalue weighted by Gasteiger charge is -2.09. The standard InChI is InChI=1S/5C18H16/c1-13-3-6-15(7-4-13)17-10-9-16-11-14(2)5-8-18(16)12-17;1-13-3-6-15(7-4-13)17-10-9-16-8-5-14(2)11-18(16)12-17;1-13-6-3-8-15(12-13)17-10-5-9-16-14(2)7-4-11-18(16)17;1-13-4-3-5-16(10-13)17-9-8-15-7-6-14(2)11-18(15)12-17;1-13-4-3-5-15(10-13)18-9-8-16-11-14(2)6-7-17(16)12-18/h5*3-12H,1-2H3. The van der Waals surface area contributed by atoms with Gasteiger partial charge in [-0.15, -0.1) is 0 Å². The Balaban J connectivity index is 0.000000116. The lowest BCUT2D eigenvalue weighted by Crippen LogP contribution is -1.84. The Hall–Kier alpha value is -10.4. The molecule has 0 bridgehead atoms. The van der Waals surface area contributed by atoms with Crippen LogP contribution in [0.3, 0.4) is 0 Å². The first-order valence-electron chi connectivity index (χ1n) is 31.5. The van der Waals surface area contributed by atoms with E-state index in [0.717, 1.165) is 0 Å². The second-order valence-corrected chi connectivity index (χ2v) is 24.6. The van der Waals surface area contributed by atoms with Gasteiger partial charge in [-0.2, -0.15) is 0 Å². The molecule has 0 aromatic heterocycles. The molecule has 15 aromatic carbocycles. The molecule has 15 aromatic rings. The van der Waals surface area contributed by atoms with Gasteiger partial charge in [0.05, 0.1) is 0 Å². The molecule has 0 aliphatic heterocycles. The highest BCUT2D eigenvalue weighted by molar-refractivity contribution is 5.98. The molecule has 440 valence electrons. The van der Waals surface area contributed by atoms with Crippen LogP contribution in [0.15, 0.2) is 303 Å². The summed E-state index contributed by atoms with van der Waals surface area (Å²) in [6.45, 7) is 21.4. The fourth-order valence-corrected chi connectivity index (χ4v) is 11.9. The molecule has 0 spiro atoms. The van der Waals surface area contributed by atoms with Crippen molar-refractivity contribution in [1.82, 2.24) is 0 Å². The maximum absolute atomic E-state index is 2.27. The highest BCUT2D eigenvalue weighted by atomic mass is 14.1. The van der Waals surface area contributed by atoms with Gasteiger partial charge in [0.1, 0.15) is 0 Å². The summed E-state index contributed by atoms with van der Waals surface area (Å²) in [6, 6.07) is 110. The molecule has 15 rings (SSSR count). The SMILES string of the molecule is Cc1ccc(-c2ccc3cc(C)ccc3c2)cc1.Cc1ccc(-c2ccc3ccc(C)cc3c2)cc1.Cc1cccc(-c2ccc3cc(C)ccc3c2)c1.Cc1cccc(-c2ccc3ccc(C)cc3c2)c1.Cc1cccc(-c2cccc3c(C)cccc23)c1. The minimum atomic E-state index is 1.28. The highest BCUT2D eigenvalue weighted by Gasteiger charge is 2.07. The highest BCUT2D eigenvalue weighted by Crippen LogP contribution is 2.33. The molecular weight excluding hydrogens is 1080 g/mol. The van der Waals surface area contributed by atoms with Crippen LogP contribution in [0.4, 0.5) is 0 Å². The Bertz CT molecular complexity index is 4980. The van der Waals surface area contributed by atoms with E-state index in [-0.39, 0.29) is 0 Å². The maximum atomic E-state index is 2.27. The zero-order valence-electron chi connectivity index (χ0n) is 53.9. The molecule has 0 radical (unpaired) electrons. The summed E-state index contributed by atoms with van der Waals surface area (Å²) in [5.74, 6) is 0. The quantitative estimate of drug-likeness (QED) is 0.161. The van der Waals surface area contributed by atoms with Gasteiger partial charge in [-0.1, -0.05) is 329 Å². The Labute approximate surface area is 534 Å². The molecule has 0 heteroatoms. The van der Waals surface area contributed by atoms with Crippen LogP contribution in [0.5, 0.6) is 0 Å². The molecule has 0 saturated carbocycles. The molecule has 0 saturated heterocycles. The van der Waals surface area contributed by atoms with E-state index >= 15 is 0 Å². The van der Waals surface area contributed by atoms with E-state index in [2.05, 4.69) is 373 Å². The van der Waals surface area contributed by atoms with Gasteiger partial charge in [-0.05, 0) is 209 Å². The van der Waals surface area contributed by atoms with Gasteiger partial charge >= 0.3 is 0 Å². The normalized spacial score (nSPS) is 10.8. The van der Waals surface area contributed by atoms with Crippen LogP contribution in [0.2, 0.25) is 0 Å². The van der Waals surface area contributed by atoms with Gasteiger partial charge in [0.2, 0.25) is 0 Å². The van der Waals surface area contributed by atoms with Crippen molar-refractivity contribution in [3.8, 4) is 55.6 Å². The van der Waals surface area contributed by atoms with Crippen LogP contribution in [0.25, 0.3) is 109 Å². The predicted octanol–water partition coefficient (Wildman–Crippen LogP) is 25.6. The van der Waals surface area contributed by atoms with E-state index in [1.54, 1.807) is 0 Å². The van der Waals surface area contributed by atoms with Crippen molar-refractivity contribution in [1.29, 1.82) is 0 Å². The Morgan fingerprint density at radius 1 is 0.144 bits per heavy atom. The summed E-state index contributed by atoms with van der Waals surface area (Å²) in [5, 5.41) is 13.1. The van der Waals surface area contributed by atoms with Crippen LogP contribution in [-0.4, -0.2) is 0 Å². The molecular formula is C90H80. The van der Waals surface area contributed by atoms with Gasteiger partial charge in [0, 0.05) is 0 Å². The van der Waals surface area contributed by atoms with Crippen LogP contribution >= 0.6 is 0 Å². The fraction of sp³-hybridized carbons (Fsp3) is 0.111. The first-order chi connectivity index (χ1) is 43.6. The van der Waals surface area contributed by atoms with Crippen LogP contribution in [0, 0.1) is 69.2 Å². The first-order valence-corrected chi connectivity index (χ1v) is 31.5. The Kier molecular flexibility index (Phi) is 19.2. The van der Waals surface area contributed by atoms with E-state index in [0.29, 0.717) is 0 Å². The van der Waals surface area contributed by atoms with Crippen molar-refractivity contribution in [2.75, 3.05) is 0 Å². The third kappa shape index (κ3) is 15.5. The van der Waals surface area contributed by atoms with Crippen molar-refractivity contribution in [2.24, 2.45) is 0 Å². The van der Waals surface area contributed by atoms with Crippen molar-refractivity contribution < 1.29 is 0 Å². The number of fused-ring (bicyclic) bond motifs is 5. The Morgan fingerprint density at radius 3 is 0.844 bits per heavy atom. The smallest absolute Gasteiger partial charge is 0.0103 e. The largest absolute Gasteiger partial charge is 0.0614 e. The molecule has 0 fully saturated rings. The van der Waals surface area contributed by atoms with Gasteiger partial charge in [-0.25, -0.2) is 0 Å². The average molecular weight is 1160 g/mol. The lowest BCUT2D eigenvalue weighted by atomic mass is 9.95. The van der Waals surface area contributed by atoms with Crippen molar-refractivity contribution in [3.05, 3.63) is 359 Å². The van der Waals surface area contributed by atoms with Crippen molar-refractivity contribution in [2.45, 2.75) is 69.2 Å². The molecule has 0 aliphatic carbocycles. The summed E-state index contributed by atoms with van der Waals surface area (Å²) in [7, 11) is 0. The summed E-state index contributed by atoms with van der Waals surface area (Å²) >= 11 is 0. The molecule has 0 aliphatic rings. The number of hydrogen-bond acceptors (Lipinski definition) is 0. The molecule has 0 N–H and O–H groups in total. The lowest BCUT2D eigenvalue weighted by molar-refractivity contribution is 1.47. The van der Waals surface area contributed by atoms with Crippen LogP contribution in [0.1, 0.15) is 55.6 Å². The zero-order valence-corrected chi connectivity index (χ0v) is 53.9. The molecule has 0 unspecified atom stereocenters. The minimum absolute atomic E-state index is 1.28. The zero-order chi connectivity index (χ0) is 62.7. The maximum Gasteiger partial charge on any atom is -0.0103 e. The van der Waals surface area contributed by atoms with Crippen LogP contribution < -0.4 is 0 Å². The van der Waals surface area contributed by atoms with E-state index < -0.39 is 0 Å². The third-order valence-corrected chi connectivity index (χ3v) is 16.9. The van der Waals surface area contributed by atoms with Crippen LogP contribution in [-0.2, 0) is 0 Å². The van der Waals surface area contributed by atoms with Gasteiger partial charge in [-0.3, -0.25) is 0 Å². The summed E-state index contributed by atoms with van der Waals surface area (Å²) in [5.41, 5.74) is 26.0. The third-order valence-electron chi connectivity index (χ3n) is 16.9. The van der Waals surface area contributed by atoms with Crippen molar-refractivity contribution in [3.63, 3.8) is 0 Å². The average Bonchev–Trinajstić information content (AvgIpc) is 1.84. The monoisotopic (exact) mass is 1160 g/mol. The second-order valence-electron chi connectivity index (χ2n) is 24.6. The minimum Gasteiger partial charge on any atom is -0.0614 e. The van der Waals surface area contributed by atoms with Crippen molar-refractivity contribution >= 4 is 53.9 Å². The van der Waals surface area contributed by atoms with E-state index in [4.69, 9.17) is 0 Å². The second kappa shape index (κ2) is 28.2. The molecule has 0 nitrogen and oxygen atoms in total. The summed E-state index contributed by atoms with van der Waals surface area (Å²) in [6.07, 6.45) is 0. The number of aryl methyl sites for hydroxylation is 10. The first kappa shape index (κ1) is 61.3. The van der Waals surface area contributed by atoms with Gasteiger partial charge < -0.3 is 0 Å². The van der Waals surface area contributed by atoms with E-state index in [1.807, 2.05) is 0 Å². The Morgan fingerprint density at radius 2 is 0.411 bits per heavy atom. The number of rotatable bonds is 5. The molecule has 0 atom stereocenters. The molecule has 0 amide bonds. The van der Waals surface area contributed by atoms with E-state index in [1.165, 1.54) is 165 Å². The topological polar surface area (TPSA) is 0 Å². The van der Waals surface area contributed by atoms with E-state index in [9.17, 15) is 0 Å². The van der Waals surface area contributed by atoms with Gasteiger partial charge in [0.15, 0.2) is 0 Å². The number of hydrogen-bond donors (Lipinski definition) is 0. The summed E-state index contributed by atoms with van der Waals surface area (Å²) < 4.78 is 0. The number of benzene rings is 15.